The van der Waals surface area contributed by atoms with Crippen LogP contribution in [-0.2, 0) is 38.0 Å². The molecule has 398 valence electrons. The van der Waals surface area contributed by atoms with Crippen LogP contribution in [0.3, 0.4) is 0 Å². The Morgan fingerprint density at radius 3 is 1.35 bits per heavy atom. The Kier molecular flexibility index (Phi) is 37.0. The Hall–Kier alpha value is -2.02. The van der Waals surface area contributed by atoms with Crippen LogP contribution in [0.25, 0.3) is 0 Å². The van der Waals surface area contributed by atoms with Gasteiger partial charge in [0.1, 0.15) is 55.4 Å². The molecule has 0 amide bonds. The van der Waals surface area contributed by atoms with Gasteiger partial charge in [-0.3, -0.25) is 9.59 Å². The Balaban J connectivity index is 1.79. The lowest BCUT2D eigenvalue weighted by Crippen LogP contribution is -2.61. The van der Waals surface area contributed by atoms with E-state index in [4.69, 9.17) is 28.4 Å². The summed E-state index contributed by atoms with van der Waals surface area (Å²) in [7, 11) is 0. The Morgan fingerprint density at radius 1 is 0.471 bits per heavy atom. The smallest absolute Gasteiger partial charge is 0.306 e. The second-order valence-electron chi connectivity index (χ2n) is 19.1. The minimum absolute atomic E-state index is 0.166. The number of esters is 2. The van der Waals surface area contributed by atoms with Crippen molar-refractivity contribution in [2.24, 2.45) is 0 Å². The van der Waals surface area contributed by atoms with E-state index < -0.39 is 92.7 Å². The van der Waals surface area contributed by atoms with E-state index in [1.165, 1.54) is 109 Å². The number of aliphatic hydroxyl groups is 7. The van der Waals surface area contributed by atoms with Crippen molar-refractivity contribution in [2.75, 3.05) is 26.4 Å². The summed E-state index contributed by atoms with van der Waals surface area (Å²) in [5.74, 6) is -0.934. The molecular formula is C53H96O15. The molecule has 2 fully saturated rings. The Morgan fingerprint density at radius 2 is 0.868 bits per heavy atom. The SMILES string of the molecule is CCCCCC/C=C/C=C/CCCCCCCC(=O)OC[C@H](CO[C@H]1O[C@@H](CO[C@H]2O[C@@H](CO)[C@@H](O)C(O)C2O)[C@@H](O)C(O)C1O)OC(=O)CCCCCCCCCCCCCCCCCCC. The molecule has 0 bridgehead atoms. The first-order valence-electron chi connectivity index (χ1n) is 26.9. The van der Waals surface area contributed by atoms with Gasteiger partial charge in [-0.2, -0.15) is 0 Å². The largest absolute Gasteiger partial charge is 0.462 e. The molecule has 0 aliphatic carbocycles. The number of rotatable bonds is 42. The number of hydrogen-bond donors (Lipinski definition) is 7. The molecule has 2 aliphatic heterocycles. The van der Waals surface area contributed by atoms with Crippen molar-refractivity contribution in [1.29, 1.82) is 0 Å². The molecule has 0 radical (unpaired) electrons. The number of allylic oxidation sites excluding steroid dienone is 4. The summed E-state index contributed by atoms with van der Waals surface area (Å²) in [6, 6.07) is 0. The molecular weight excluding hydrogens is 877 g/mol. The first kappa shape index (κ1) is 62.1. The molecule has 11 atom stereocenters. The Bertz CT molecular complexity index is 1280. The highest BCUT2D eigenvalue weighted by molar-refractivity contribution is 5.70. The molecule has 2 heterocycles. The predicted octanol–water partition coefficient (Wildman–Crippen LogP) is 7.94. The second-order valence-corrected chi connectivity index (χ2v) is 19.1. The van der Waals surface area contributed by atoms with E-state index >= 15 is 0 Å². The molecule has 4 unspecified atom stereocenters. The first-order valence-corrected chi connectivity index (χ1v) is 26.9. The molecule has 68 heavy (non-hydrogen) atoms. The summed E-state index contributed by atoms with van der Waals surface area (Å²) in [6.45, 7) is 2.58. The molecule has 0 spiro atoms. The maximum absolute atomic E-state index is 13.0. The van der Waals surface area contributed by atoms with E-state index in [2.05, 4.69) is 38.2 Å². The number of carbonyl (C=O) groups excluding carboxylic acids is 2. The summed E-state index contributed by atoms with van der Waals surface area (Å²) in [4.78, 5) is 25.8. The van der Waals surface area contributed by atoms with Gasteiger partial charge in [-0.25, -0.2) is 0 Å². The van der Waals surface area contributed by atoms with Crippen LogP contribution in [-0.4, -0.2) is 142 Å². The van der Waals surface area contributed by atoms with Gasteiger partial charge in [-0.15, -0.1) is 0 Å². The lowest BCUT2D eigenvalue weighted by atomic mass is 9.98. The van der Waals surface area contributed by atoms with E-state index in [0.29, 0.717) is 12.8 Å². The minimum atomic E-state index is -1.76. The maximum Gasteiger partial charge on any atom is 0.306 e. The standard InChI is InChI=1S/C53H96O15/c1-3-5-7-9-11-13-15-17-19-20-22-24-26-28-30-32-34-36-45(56)66-41(38-63-44(55)35-33-31-29-27-25-23-21-18-16-14-12-10-8-6-4-2)39-64-52-51(62)49(60)47(58)43(68-52)40-65-53-50(61)48(59)46(57)42(37-54)67-53/h14,16,18,21,41-43,46-54,57-62H,3-13,15,17,19-20,22-40H2,1-2H3/b16-14+,21-18+/t41-,42+,43+,46-,47-,48?,49?,50?,51?,52+,53+/m1/s1. The van der Waals surface area contributed by atoms with Crippen LogP contribution in [0.2, 0.25) is 0 Å². The van der Waals surface area contributed by atoms with E-state index in [-0.39, 0.29) is 26.1 Å². The van der Waals surface area contributed by atoms with Crippen molar-refractivity contribution in [3.63, 3.8) is 0 Å². The van der Waals surface area contributed by atoms with Crippen molar-refractivity contribution < 1.29 is 73.8 Å². The second kappa shape index (κ2) is 40.6. The number of carbonyl (C=O) groups is 2. The highest BCUT2D eigenvalue weighted by Gasteiger charge is 2.47. The molecule has 15 heteroatoms. The topological polar surface area (TPSA) is 231 Å². The highest BCUT2D eigenvalue weighted by atomic mass is 16.7. The van der Waals surface area contributed by atoms with Crippen LogP contribution in [0.1, 0.15) is 206 Å². The summed E-state index contributed by atoms with van der Waals surface area (Å²) < 4.78 is 33.6. The number of hydrogen-bond acceptors (Lipinski definition) is 15. The van der Waals surface area contributed by atoms with E-state index in [0.717, 1.165) is 57.8 Å². The fraction of sp³-hybridized carbons (Fsp3) is 0.887. The maximum atomic E-state index is 13.0. The minimum Gasteiger partial charge on any atom is -0.462 e. The summed E-state index contributed by atoms with van der Waals surface area (Å²) in [5, 5.41) is 72.1. The van der Waals surface area contributed by atoms with Gasteiger partial charge < -0.3 is 64.2 Å². The highest BCUT2D eigenvalue weighted by Crippen LogP contribution is 2.26. The lowest BCUT2D eigenvalue weighted by Gasteiger charge is -2.42. The van der Waals surface area contributed by atoms with Crippen molar-refractivity contribution in [3.8, 4) is 0 Å². The van der Waals surface area contributed by atoms with Gasteiger partial charge in [0.25, 0.3) is 0 Å². The molecule has 0 aromatic heterocycles. The van der Waals surface area contributed by atoms with Gasteiger partial charge in [0, 0.05) is 12.8 Å². The van der Waals surface area contributed by atoms with E-state index in [9.17, 15) is 45.3 Å². The van der Waals surface area contributed by atoms with Crippen molar-refractivity contribution in [2.45, 2.75) is 274 Å². The van der Waals surface area contributed by atoms with Gasteiger partial charge in [-0.05, 0) is 38.5 Å². The van der Waals surface area contributed by atoms with Gasteiger partial charge in [0.05, 0.1) is 19.8 Å². The fourth-order valence-corrected chi connectivity index (χ4v) is 8.50. The van der Waals surface area contributed by atoms with Crippen LogP contribution < -0.4 is 0 Å². The first-order chi connectivity index (χ1) is 33.0. The molecule has 2 aliphatic rings. The van der Waals surface area contributed by atoms with Crippen molar-refractivity contribution >= 4 is 11.9 Å². The van der Waals surface area contributed by atoms with E-state index in [1.54, 1.807) is 0 Å². The van der Waals surface area contributed by atoms with Crippen LogP contribution in [0.15, 0.2) is 24.3 Å². The number of unbranched alkanes of at least 4 members (excludes halogenated alkanes) is 25. The zero-order valence-corrected chi connectivity index (χ0v) is 42.1. The molecule has 2 rings (SSSR count). The van der Waals surface area contributed by atoms with Crippen LogP contribution >= 0.6 is 0 Å². The number of aliphatic hydroxyl groups excluding tert-OH is 7. The van der Waals surface area contributed by atoms with Crippen molar-refractivity contribution in [3.05, 3.63) is 24.3 Å². The van der Waals surface area contributed by atoms with Gasteiger partial charge >= 0.3 is 11.9 Å². The molecule has 0 aromatic carbocycles. The summed E-state index contributed by atoms with van der Waals surface area (Å²) in [6.07, 6.45) is 24.8. The summed E-state index contributed by atoms with van der Waals surface area (Å²) >= 11 is 0. The third kappa shape index (κ3) is 28.1. The van der Waals surface area contributed by atoms with Crippen LogP contribution in [0.5, 0.6) is 0 Å². The molecule has 7 N–H and O–H groups in total. The van der Waals surface area contributed by atoms with Crippen LogP contribution in [0.4, 0.5) is 0 Å². The number of ether oxygens (including phenoxy) is 6. The van der Waals surface area contributed by atoms with E-state index in [1.807, 2.05) is 0 Å². The summed E-state index contributed by atoms with van der Waals surface area (Å²) in [5.41, 5.74) is 0. The van der Waals surface area contributed by atoms with Crippen LogP contribution in [0, 0.1) is 0 Å². The van der Waals surface area contributed by atoms with Crippen molar-refractivity contribution in [1.82, 2.24) is 0 Å². The average molecular weight is 973 g/mol. The van der Waals surface area contributed by atoms with Gasteiger partial charge in [-0.1, -0.05) is 179 Å². The quantitative estimate of drug-likeness (QED) is 0.0175. The zero-order chi connectivity index (χ0) is 49.6. The molecule has 0 saturated carbocycles. The third-order valence-electron chi connectivity index (χ3n) is 13.0. The predicted molar refractivity (Wildman–Crippen MR) is 261 cm³/mol. The zero-order valence-electron chi connectivity index (χ0n) is 42.1. The molecule has 0 aromatic rings. The molecule has 15 nitrogen and oxygen atoms in total. The van der Waals surface area contributed by atoms with Gasteiger partial charge in [0.2, 0.25) is 0 Å². The third-order valence-corrected chi connectivity index (χ3v) is 13.0. The normalized spacial score (nSPS) is 25.9. The van der Waals surface area contributed by atoms with Gasteiger partial charge in [0.15, 0.2) is 18.7 Å². The fourth-order valence-electron chi connectivity index (χ4n) is 8.50. The Labute approximate surface area is 409 Å². The average Bonchev–Trinajstić information content (AvgIpc) is 3.33. The molecule has 2 saturated heterocycles. The lowest BCUT2D eigenvalue weighted by molar-refractivity contribution is -0.332. The monoisotopic (exact) mass is 973 g/mol.